The molecule has 0 aliphatic rings. The maximum atomic E-state index is 8.52. The minimum Gasteiger partial charge on any atom is -0.293 e. The monoisotopic (exact) mass is 177 g/mol. The molecule has 0 heterocycles. The highest BCUT2D eigenvalue weighted by Gasteiger charge is 1.99. The Balaban J connectivity index is 3.06. The van der Waals surface area contributed by atoms with Crippen LogP contribution in [0.2, 0.25) is 5.02 Å². The van der Waals surface area contributed by atoms with E-state index in [9.17, 15) is 0 Å². The van der Waals surface area contributed by atoms with Crippen molar-refractivity contribution >= 4 is 17.3 Å². The van der Waals surface area contributed by atoms with Gasteiger partial charge in [0.1, 0.15) is 6.07 Å². The molecule has 4 heteroatoms. The summed E-state index contributed by atoms with van der Waals surface area (Å²) in [7, 11) is 0. The Morgan fingerprint density at radius 2 is 2.08 bits per heavy atom. The van der Waals surface area contributed by atoms with E-state index in [1.54, 1.807) is 18.3 Å². The maximum Gasteiger partial charge on any atom is 0.181 e. The van der Waals surface area contributed by atoms with E-state index in [4.69, 9.17) is 22.1 Å². The molecule has 1 N–H and O–H groups in total. The fourth-order valence-electron chi connectivity index (χ4n) is 0.748. The number of hydrogen-bond acceptors (Lipinski definition) is 3. The molecular formula is C8H4ClN3. The second kappa shape index (κ2) is 3.61. The van der Waals surface area contributed by atoms with Crippen LogP contribution in [0.25, 0.3) is 0 Å². The minimum atomic E-state index is 0.345. The number of nitriles is 2. The van der Waals surface area contributed by atoms with Crippen molar-refractivity contribution in [3.05, 3.63) is 28.8 Å². The van der Waals surface area contributed by atoms with Gasteiger partial charge in [-0.1, -0.05) is 11.6 Å². The van der Waals surface area contributed by atoms with Crippen molar-refractivity contribution in [1.82, 2.24) is 0 Å². The molecule has 0 radical (unpaired) electrons. The molecular weight excluding hydrogens is 174 g/mol. The summed E-state index contributed by atoms with van der Waals surface area (Å²) in [5, 5.41) is 19.5. The molecule has 0 unspecified atom stereocenters. The SMILES string of the molecule is N#CNc1ccc(C#N)c(Cl)c1. The lowest BCUT2D eigenvalue weighted by Crippen LogP contribution is -1.87. The van der Waals surface area contributed by atoms with Gasteiger partial charge < -0.3 is 0 Å². The number of halogens is 1. The number of rotatable bonds is 1. The number of nitrogens with zero attached hydrogens (tertiary/aromatic N) is 2. The van der Waals surface area contributed by atoms with Gasteiger partial charge in [0.2, 0.25) is 0 Å². The number of nitrogens with one attached hydrogen (secondary N) is 1. The Morgan fingerprint density at radius 1 is 1.33 bits per heavy atom. The average Bonchev–Trinajstić information content (AvgIpc) is 2.05. The smallest absolute Gasteiger partial charge is 0.181 e. The predicted octanol–water partition coefficient (Wildman–Crippen LogP) is 2.10. The molecule has 0 aliphatic heterocycles. The zero-order valence-corrected chi connectivity index (χ0v) is 6.76. The van der Waals surface area contributed by atoms with E-state index in [2.05, 4.69) is 5.32 Å². The molecule has 0 atom stereocenters. The second-order valence-corrected chi connectivity index (χ2v) is 2.45. The molecule has 0 aliphatic carbocycles. The summed E-state index contributed by atoms with van der Waals surface area (Å²) < 4.78 is 0. The van der Waals surface area contributed by atoms with Crippen LogP contribution in [-0.4, -0.2) is 0 Å². The van der Waals surface area contributed by atoms with Crippen molar-refractivity contribution in [2.24, 2.45) is 0 Å². The quantitative estimate of drug-likeness (QED) is 0.528. The fourth-order valence-corrected chi connectivity index (χ4v) is 0.971. The molecule has 0 aromatic heterocycles. The summed E-state index contributed by atoms with van der Waals surface area (Å²) in [6.07, 6.45) is 1.76. The van der Waals surface area contributed by atoms with Crippen molar-refractivity contribution in [3.8, 4) is 12.3 Å². The molecule has 0 amide bonds. The second-order valence-electron chi connectivity index (χ2n) is 2.04. The van der Waals surface area contributed by atoms with Crippen LogP contribution < -0.4 is 5.32 Å². The first-order chi connectivity index (χ1) is 5.77. The maximum absolute atomic E-state index is 8.52. The zero-order valence-electron chi connectivity index (χ0n) is 6.00. The Morgan fingerprint density at radius 3 is 2.58 bits per heavy atom. The summed E-state index contributed by atoms with van der Waals surface area (Å²) in [5.41, 5.74) is 0.988. The highest BCUT2D eigenvalue weighted by Crippen LogP contribution is 2.19. The summed E-state index contributed by atoms with van der Waals surface area (Å²) in [5.74, 6) is 0. The van der Waals surface area contributed by atoms with Crippen molar-refractivity contribution in [2.75, 3.05) is 5.32 Å². The van der Waals surface area contributed by atoms with Crippen molar-refractivity contribution in [1.29, 1.82) is 10.5 Å². The Hall–Kier alpha value is -1.71. The highest BCUT2D eigenvalue weighted by molar-refractivity contribution is 6.32. The van der Waals surface area contributed by atoms with Crippen LogP contribution in [0.1, 0.15) is 5.56 Å². The van der Waals surface area contributed by atoms with Gasteiger partial charge in [0.05, 0.1) is 10.6 Å². The molecule has 12 heavy (non-hydrogen) atoms. The topological polar surface area (TPSA) is 59.6 Å². The third-order valence-corrected chi connectivity index (χ3v) is 1.60. The van der Waals surface area contributed by atoms with Crippen LogP contribution in [-0.2, 0) is 0 Å². The summed E-state index contributed by atoms with van der Waals surface area (Å²) >= 11 is 5.69. The first kappa shape index (κ1) is 8.39. The molecule has 58 valence electrons. The van der Waals surface area contributed by atoms with Gasteiger partial charge >= 0.3 is 0 Å². The highest BCUT2D eigenvalue weighted by atomic mass is 35.5. The largest absolute Gasteiger partial charge is 0.293 e. The molecule has 1 aromatic rings. The number of hydrogen-bond donors (Lipinski definition) is 1. The number of anilines is 1. The van der Waals surface area contributed by atoms with Crippen molar-refractivity contribution < 1.29 is 0 Å². The summed E-state index contributed by atoms with van der Waals surface area (Å²) in [6.45, 7) is 0. The Kier molecular flexibility index (Phi) is 2.53. The Bertz CT molecular complexity index is 373. The van der Waals surface area contributed by atoms with E-state index in [0.29, 0.717) is 16.3 Å². The van der Waals surface area contributed by atoms with Gasteiger partial charge in [-0.25, -0.2) is 0 Å². The minimum absolute atomic E-state index is 0.345. The molecule has 0 bridgehead atoms. The summed E-state index contributed by atoms with van der Waals surface area (Å²) in [4.78, 5) is 0. The van der Waals surface area contributed by atoms with E-state index in [0.717, 1.165) is 0 Å². The van der Waals surface area contributed by atoms with Gasteiger partial charge in [-0.2, -0.15) is 10.5 Å². The molecule has 1 rings (SSSR count). The van der Waals surface area contributed by atoms with Crippen molar-refractivity contribution in [3.63, 3.8) is 0 Å². The van der Waals surface area contributed by atoms with E-state index >= 15 is 0 Å². The lowest BCUT2D eigenvalue weighted by molar-refractivity contribution is 1.45. The lowest BCUT2D eigenvalue weighted by Gasteiger charge is -1.98. The molecule has 3 nitrogen and oxygen atoms in total. The van der Waals surface area contributed by atoms with E-state index in [1.165, 1.54) is 6.07 Å². The van der Waals surface area contributed by atoms with Crippen LogP contribution in [0.3, 0.4) is 0 Å². The van der Waals surface area contributed by atoms with Crippen LogP contribution >= 0.6 is 11.6 Å². The van der Waals surface area contributed by atoms with E-state index < -0.39 is 0 Å². The third-order valence-electron chi connectivity index (χ3n) is 1.29. The van der Waals surface area contributed by atoms with E-state index in [1.807, 2.05) is 6.07 Å². The average molecular weight is 178 g/mol. The standard InChI is InChI=1S/C8H4ClN3/c9-8-3-7(12-5-11)2-1-6(8)4-10/h1-3,12H. The van der Waals surface area contributed by atoms with Gasteiger partial charge in [0, 0.05) is 5.69 Å². The zero-order chi connectivity index (χ0) is 8.97. The molecule has 0 saturated heterocycles. The van der Waals surface area contributed by atoms with Crippen LogP contribution in [0.15, 0.2) is 18.2 Å². The fraction of sp³-hybridized carbons (Fsp3) is 0. The van der Waals surface area contributed by atoms with Crippen LogP contribution in [0, 0.1) is 22.8 Å². The first-order valence-electron chi connectivity index (χ1n) is 3.12. The number of benzene rings is 1. The third kappa shape index (κ3) is 1.66. The molecule has 0 fully saturated rings. The summed E-state index contributed by atoms with van der Waals surface area (Å²) in [6, 6.07) is 6.63. The van der Waals surface area contributed by atoms with Gasteiger partial charge in [-0.15, -0.1) is 0 Å². The van der Waals surface area contributed by atoms with Crippen LogP contribution in [0.4, 0.5) is 5.69 Å². The van der Waals surface area contributed by atoms with Gasteiger partial charge in [0.25, 0.3) is 0 Å². The molecule has 0 saturated carbocycles. The van der Waals surface area contributed by atoms with Crippen molar-refractivity contribution in [2.45, 2.75) is 0 Å². The first-order valence-corrected chi connectivity index (χ1v) is 3.50. The molecule has 0 spiro atoms. The van der Waals surface area contributed by atoms with Gasteiger partial charge in [-0.3, -0.25) is 5.32 Å². The lowest BCUT2D eigenvalue weighted by atomic mass is 10.2. The van der Waals surface area contributed by atoms with Gasteiger partial charge in [-0.05, 0) is 18.2 Å². The van der Waals surface area contributed by atoms with Crippen LogP contribution in [0.5, 0.6) is 0 Å². The molecule has 1 aromatic carbocycles. The Labute approximate surface area is 74.8 Å². The van der Waals surface area contributed by atoms with Gasteiger partial charge in [0.15, 0.2) is 6.19 Å². The van der Waals surface area contributed by atoms with E-state index in [-0.39, 0.29) is 0 Å². The normalized spacial score (nSPS) is 8.25. The predicted molar refractivity (Wildman–Crippen MR) is 45.4 cm³/mol.